The minimum Gasteiger partial charge on any atom is -0.249 e. The Morgan fingerprint density at radius 1 is 1.58 bits per heavy atom. The Labute approximate surface area is 71.4 Å². The van der Waals surface area contributed by atoms with Gasteiger partial charge in [0.15, 0.2) is 0 Å². The van der Waals surface area contributed by atoms with Crippen molar-refractivity contribution in [2.45, 2.75) is 11.8 Å². The third kappa shape index (κ3) is 1.82. The Balaban J connectivity index is 3.21. The molecule has 0 fully saturated rings. The van der Waals surface area contributed by atoms with E-state index in [-0.39, 0.29) is 10.6 Å². The molecule has 1 rings (SSSR count). The first-order valence-corrected chi connectivity index (χ1v) is 5.31. The van der Waals surface area contributed by atoms with Gasteiger partial charge in [-0.3, -0.25) is 0 Å². The van der Waals surface area contributed by atoms with E-state index in [2.05, 4.69) is 0 Å². The van der Waals surface area contributed by atoms with Crippen LogP contribution in [0.4, 0.5) is 4.39 Å². The fourth-order valence-corrected chi connectivity index (χ4v) is 1.77. The summed E-state index contributed by atoms with van der Waals surface area (Å²) in [6, 6.07) is 5.41. The molecule has 0 aromatic heterocycles. The van der Waals surface area contributed by atoms with Crippen LogP contribution < -0.4 is 0 Å². The number of rotatable bonds is 2. The minimum absolute atomic E-state index is 0.219. The molecule has 1 aromatic rings. The van der Waals surface area contributed by atoms with Crippen molar-refractivity contribution < 1.29 is 8.60 Å². The van der Waals surface area contributed by atoms with Crippen LogP contribution in [-0.2, 0) is 9.73 Å². The molecule has 66 valence electrons. The van der Waals surface area contributed by atoms with Gasteiger partial charge in [-0.2, -0.15) is 0 Å². The van der Waals surface area contributed by atoms with Crippen molar-refractivity contribution >= 4 is 9.73 Å². The lowest BCUT2D eigenvalue weighted by Crippen LogP contribution is -2.01. The summed E-state index contributed by atoms with van der Waals surface area (Å²) in [5, 5.41) is 0. The van der Waals surface area contributed by atoms with Gasteiger partial charge in [-0.05, 0) is 18.2 Å². The summed E-state index contributed by atoms with van der Waals surface area (Å²) in [5.41, 5.74) is 0. The maximum Gasteiger partial charge on any atom is 0.124 e. The Morgan fingerprint density at radius 2 is 2.25 bits per heavy atom. The van der Waals surface area contributed by atoms with Crippen LogP contribution >= 0.6 is 0 Å². The number of hydrogen-bond acceptors (Lipinski definition) is 2. The van der Waals surface area contributed by atoms with E-state index in [0.29, 0.717) is 0 Å². The molecular formula is C8H10FNOS. The van der Waals surface area contributed by atoms with E-state index in [1.54, 1.807) is 6.92 Å². The van der Waals surface area contributed by atoms with E-state index < -0.39 is 15.5 Å². The Morgan fingerprint density at radius 3 is 2.75 bits per heavy atom. The SMILES string of the molecule is CCS(=N)(=O)c1cccc(F)c1. The molecule has 0 heterocycles. The second-order valence-electron chi connectivity index (χ2n) is 2.42. The molecule has 2 nitrogen and oxygen atoms in total. The van der Waals surface area contributed by atoms with Gasteiger partial charge < -0.3 is 0 Å². The summed E-state index contributed by atoms with van der Waals surface area (Å²) < 4.78 is 31.4. The third-order valence-corrected chi connectivity index (χ3v) is 3.41. The van der Waals surface area contributed by atoms with E-state index in [4.69, 9.17) is 4.78 Å². The zero-order chi connectivity index (χ0) is 9.19. The van der Waals surface area contributed by atoms with Gasteiger partial charge in [0.1, 0.15) is 5.82 Å². The topological polar surface area (TPSA) is 40.9 Å². The van der Waals surface area contributed by atoms with Crippen molar-refractivity contribution in [3.8, 4) is 0 Å². The monoisotopic (exact) mass is 187 g/mol. The highest BCUT2D eigenvalue weighted by molar-refractivity contribution is 7.92. The lowest BCUT2D eigenvalue weighted by molar-refractivity contribution is 0.622. The molecule has 1 N–H and O–H groups in total. The predicted octanol–water partition coefficient (Wildman–Crippen LogP) is 2.25. The van der Waals surface area contributed by atoms with Gasteiger partial charge in [0.2, 0.25) is 0 Å². The number of nitrogens with one attached hydrogen (secondary N) is 1. The number of benzene rings is 1. The summed E-state index contributed by atoms with van der Waals surface area (Å²) >= 11 is 0. The van der Waals surface area contributed by atoms with Gasteiger partial charge in [0.05, 0.1) is 14.6 Å². The molecule has 1 aromatic carbocycles. The van der Waals surface area contributed by atoms with Gasteiger partial charge in [-0.25, -0.2) is 13.4 Å². The highest BCUT2D eigenvalue weighted by Gasteiger charge is 2.06. The molecule has 0 aliphatic heterocycles. The van der Waals surface area contributed by atoms with Crippen molar-refractivity contribution in [2.75, 3.05) is 5.75 Å². The minimum atomic E-state index is -2.76. The van der Waals surface area contributed by atoms with Crippen LogP contribution in [0.1, 0.15) is 6.92 Å². The van der Waals surface area contributed by atoms with Crippen LogP contribution in [0.25, 0.3) is 0 Å². The van der Waals surface area contributed by atoms with Crippen molar-refractivity contribution in [3.63, 3.8) is 0 Å². The summed E-state index contributed by atoms with van der Waals surface area (Å²) in [7, 11) is -2.76. The number of halogens is 1. The van der Waals surface area contributed by atoms with E-state index in [0.717, 1.165) is 6.07 Å². The van der Waals surface area contributed by atoms with Crippen LogP contribution in [0, 0.1) is 10.6 Å². The quantitative estimate of drug-likeness (QED) is 0.758. The molecule has 0 spiro atoms. The van der Waals surface area contributed by atoms with E-state index in [1.807, 2.05) is 0 Å². The molecule has 1 atom stereocenters. The van der Waals surface area contributed by atoms with Crippen molar-refractivity contribution in [1.29, 1.82) is 4.78 Å². The number of hydrogen-bond donors (Lipinski definition) is 1. The van der Waals surface area contributed by atoms with Gasteiger partial charge in [0, 0.05) is 5.75 Å². The highest BCUT2D eigenvalue weighted by atomic mass is 32.2. The fraction of sp³-hybridized carbons (Fsp3) is 0.250. The summed E-state index contributed by atoms with van der Waals surface area (Å²) in [6.45, 7) is 1.65. The summed E-state index contributed by atoms with van der Waals surface area (Å²) in [6.07, 6.45) is 0. The molecule has 0 saturated heterocycles. The van der Waals surface area contributed by atoms with Crippen molar-refractivity contribution in [2.24, 2.45) is 0 Å². The van der Waals surface area contributed by atoms with Crippen molar-refractivity contribution in [3.05, 3.63) is 30.1 Å². The predicted molar refractivity (Wildman–Crippen MR) is 46.1 cm³/mol. The van der Waals surface area contributed by atoms with E-state index >= 15 is 0 Å². The second-order valence-corrected chi connectivity index (χ2v) is 4.82. The Kier molecular flexibility index (Phi) is 2.47. The normalized spacial score (nSPS) is 15.5. The molecule has 0 amide bonds. The molecule has 0 aliphatic carbocycles. The molecule has 0 bridgehead atoms. The molecule has 0 saturated carbocycles. The molecule has 0 aliphatic rings. The lowest BCUT2D eigenvalue weighted by atomic mass is 10.4. The van der Waals surface area contributed by atoms with Gasteiger partial charge in [-0.15, -0.1) is 0 Å². The zero-order valence-corrected chi connectivity index (χ0v) is 7.53. The first-order chi connectivity index (χ1) is 5.56. The lowest BCUT2D eigenvalue weighted by Gasteiger charge is -2.03. The smallest absolute Gasteiger partial charge is 0.124 e. The van der Waals surface area contributed by atoms with E-state index in [1.165, 1.54) is 18.2 Å². The van der Waals surface area contributed by atoms with Crippen LogP contribution in [0.3, 0.4) is 0 Å². The molecule has 4 heteroatoms. The average Bonchev–Trinajstić information content (AvgIpc) is 2.05. The average molecular weight is 187 g/mol. The van der Waals surface area contributed by atoms with Crippen LogP contribution in [-0.4, -0.2) is 9.96 Å². The molecule has 12 heavy (non-hydrogen) atoms. The first-order valence-electron chi connectivity index (χ1n) is 3.58. The van der Waals surface area contributed by atoms with Gasteiger partial charge in [-0.1, -0.05) is 13.0 Å². The van der Waals surface area contributed by atoms with Crippen molar-refractivity contribution in [1.82, 2.24) is 0 Å². The molecule has 0 radical (unpaired) electrons. The maximum absolute atomic E-state index is 12.6. The fourth-order valence-electron chi connectivity index (χ4n) is 0.839. The summed E-state index contributed by atoms with van der Waals surface area (Å²) in [4.78, 5) is 0.269. The first kappa shape index (κ1) is 9.19. The third-order valence-electron chi connectivity index (χ3n) is 1.58. The zero-order valence-electron chi connectivity index (χ0n) is 6.71. The highest BCUT2D eigenvalue weighted by Crippen LogP contribution is 2.12. The second kappa shape index (κ2) is 3.23. The molecular weight excluding hydrogens is 177 g/mol. The van der Waals surface area contributed by atoms with Gasteiger partial charge >= 0.3 is 0 Å². The van der Waals surface area contributed by atoms with Gasteiger partial charge in [0.25, 0.3) is 0 Å². The van der Waals surface area contributed by atoms with E-state index in [9.17, 15) is 8.60 Å². The molecule has 1 unspecified atom stereocenters. The maximum atomic E-state index is 12.6. The summed E-state index contributed by atoms with van der Waals surface area (Å²) in [5.74, 6) is -0.225. The van der Waals surface area contributed by atoms with Crippen LogP contribution in [0.15, 0.2) is 29.2 Å². The Hall–Kier alpha value is -0.900. The largest absolute Gasteiger partial charge is 0.249 e. The Bertz CT molecular complexity index is 372. The standard InChI is InChI=1S/C8H10FNOS/c1-2-12(10,11)8-5-3-4-7(9)6-8/h3-6,10H,2H2,1H3. The van der Waals surface area contributed by atoms with Crippen LogP contribution in [0.2, 0.25) is 0 Å². The van der Waals surface area contributed by atoms with Crippen LogP contribution in [0.5, 0.6) is 0 Å².